The summed E-state index contributed by atoms with van der Waals surface area (Å²) in [5.41, 5.74) is 12.0. The second-order valence-corrected chi connectivity index (χ2v) is 11.6. The summed E-state index contributed by atoms with van der Waals surface area (Å²) in [5, 5.41) is 7.48. The van der Waals surface area contributed by atoms with Gasteiger partial charge in [0.1, 0.15) is 0 Å². The van der Waals surface area contributed by atoms with Crippen LogP contribution >= 0.6 is 0 Å². The van der Waals surface area contributed by atoms with Crippen LogP contribution in [0.15, 0.2) is 146 Å². The van der Waals surface area contributed by atoms with E-state index in [0.29, 0.717) is 0 Å². The smallest absolute Gasteiger partial charge is 0.0346 e. The molecule has 0 atom stereocenters. The van der Waals surface area contributed by atoms with E-state index in [2.05, 4.69) is 145 Å². The van der Waals surface area contributed by atoms with Crippen molar-refractivity contribution in [3.8, 4) is 44.5 Å². The third-order valence-corrected chi connectivity index (χ3v) is 8.69. The van der Waals surface area contributed by atoms with Gasteiger partial charge in [-0.05, 0) is 103 Å². The second kappa shape index (κ2) is 10.6. The molecule has 0 aliphatic heterocycles. The molecular formula is C42H30N2. The summed E-state index contributed by atoms with van der Waals surface area (Å²) in [5.74, 6) is 0. The van der Waals surface area contributed by atoms with E-state index in [4.69, 9.17) is 0 Å². The van der Waals surface area contributed by atoms with Gasteiger partial charge in [0, 0.05) is 35.9 Å². The summed E-state index contributed by atoms with van der Waals surface area (Å²) in [6.07, 6.45) is 7.71. The van der Waals surface area contributed by atoms with Crippen LogP contribution < -0.4 is 0 Å². The highest BCUT2D eigenvalue weighted by Gasteiger charge is 2.19. The van der Waals surface area contributed by atoms with Crippen molar-refractivity contribution in [2.75, 3.05) is 0 Å². The molecule has 0 aliphatic rings. The summed E-state index contributed by atoms with van der Waals surface area (Å²) in [6.45, 7) is 4.18. The monoisotopic (exact) mass is 562 g/mol. The fourth-order valence-electron chi connectivity index (χ4n) is 6.74. The average Bonchev–Trinajstić information content (AvgIpc) is 3.07. The van der Waals surface area contributed by atoms with Crippen LogP contribution in [0.2, 0.25) is 0 Å². The number of aromatic nitrogens is 2. The summed E-state index contributed by atoms with van der Waals surface area (Å²) in [4.78, 5) is 8.90. The van der Waals surface area contributed by atoms with Gasteiger partial charge in [0.15, 0.2) is 0 Å². The van der Waals surface area contributed by atoms with Crippen molar-refractivity contribution in [2.24, 2.45) is 0 Å². The molecule has 2 nitrogen and oxygen atoms in total. The molecule has 0 saturated heterocycles. The first-order valence-electron chi connectivity index (χ1n) is 15.1. The summed E-state index contributed by atoms with van der Waals surface area (Å²) in [7, 11) is 0. The molecule has 2 aromatic heterocycles. The molecule has 0 aliphatic carbocycles. The van der Waals surface area contributed by atoms with Crippen LogP contribution in [0.5, 0.6) is 0 Å². The Balaban J connectivity index is 1.38. The molecular weight excluding hydrogens is 532 g/mol. The maximum atomic E-state index is 4.49. The van der Waals surface area contributed by atoms with E-state index < -0.39 is 0 Å². The first kappa shape index (κ1) is 26.1. The maximum absolute atomic E-state index is 4.49. The van der Waals surface area contributed by atoms with E-state index >= 15 is 0 Å². The predicted octanol–water partition coefficient (Wildman–Crippen LogP) is 11.2. The Kier molecular flexibility index (Phi) is 6.27. The minimum atomic E-state index is 1.14. The number of nitrogens with zero attached hydrogens (tertiary/aromatic N) is 2. The fraction of sp³-hybridized carbons (Fsp3) is 0.0476. The van der Waals surface area contributed by atoms with Gasteiger partial charge in [-0.1, -0.05) is 109 Å². The number of aryl methyl sites for hydroxylation is 2. The first-order chi connectivity index (χ1) is 21.7. The molecule has 8 rings (SSSR count). The fourth-order valence-corrected chi connectivity index (χ4v) is 6.74. The molecule has 0 radical (unpaired) electrons. The quantitative estimate of drug-likeness (QED) is 0.199. The SMILES string of the molecule is Cc1cncc(-c2ccc(-c3c4ccccc4c(-c4ccc(-c5cncc(C)c5)c5ccccc45)c4ccccc34)cc2)c1. The lowest BCUT2D eigenvalue weighted by atomic mass is 9.83. The van der Waals surface area contributed by atoms with Gasteiger partial charge in [-0.3, -0.25) is 9.97 Å². The molecule has 8 aromatic rings. The van der Waals surface area contributed by atoms with Gasteiger partial charge in [-0.15, -0.1) is 0 Å². The zero-order chi connectivity index (χ0) is 29.6. The Morgan fingerprint density at radius 2 is 0.773 bits per heavy atom. The highest BCUT2D eigenvalue weighted by atomic mass is 14.6. The topological polar surface area (TPSA) is 25.8 Å². The van der Waals surface area contributed by atoms with Gasteiger partial charge in [0.25, 0.3) is 0 Å². The highest BCUT2D eigenvalue weighted by molar-refractivity contribution is 6.24. The van der Waals surface area contributed by atoms with Gasteiger partial charge >= 0.3 is 0 Å². The average molecular weight is 563 g/mol. The summed E-state index contributed by atoms with van der Waals surface area (Å²) >= 11 is 0. The molecule has 0 fully saturated rings. The van der Waals surface area contributed by atoms with Crippen molar-refractivity contribution in [2.45, 2.75) is 13.8 Å². The van der Waals surface area contributed by atoms with Gasteiger partial charge in [0.05, 0.1) is 0 Å². The molecule has 6 aromatic carbocycles. The predicted molar refractivity (Wildman–Crippen MR) is 186 cm³/mol. The highest BCUT2D eigenvalue weighted by Crippen LogP contribution is 2.46. The van der Waals surface area contributed by atoms with Crippen LogP contribution in [0.4, 0.5) is 0 Å². The van der Waals surface area contributed by atoms with Gasteiger partial charge in [-0.25, -0.2) is 0 Å². The molecule has 0 unspecified atom stereocenters. The molecule has 0 saturated carbocycles. The standard InChI is InChI=1S/C42H30N2/c1-27-21-31(25-43-23-27)29-15-17-30(18-16-29)41-36-11-5-7-13-38(36)42(39-14-8-6-12-37(39)41)40-20-19-33(32-22-28(2)24-44-26-32)34-9-3-4-10-35(34)40/h3-26H,1-2H3. The van der Waals surface area contributed by atoms with Crippen LogP contribution in [0.3, 0.4) is 0 Å². The van der Waals surface area contributed by atoms with Crippen molar-refractivity contribution in [1.29, 1.82) is 0 Å². The van der Waals surface area contributed by atoms with Gasteiger partial charge < -0.3 is 0 Å². The Hall–Kier alpha value is -5.60. The second-order valence-electron chi connectivity index (χ2n) is 11.6. The van der Waals surface area contributed by atoms with Crippen LogP contribution in [-0.2, 0) is 0 Å². The number of rotatable bonds is 4. The number of benzene rings is 6. The minimum Gasteiger partial charge on any atom is -0.264 e. The van der Waals surface area contributed by atoms with Crippen molar-refractivity contribution in [3.05, 3.63) is 157 Å². The first-order valence-corrected chi connectivity index (χ1v) is 15.1. The Morgan fingerprint density at radius 3 is 1.34 bits per heavy atom. The Labute approximate surface area is 257 Å². The van der Waals surface area contributed by atoms with Gasteiger partial charge in [-0.2, -0.15) is 0 Å². The normalized spacial score (nSPS) is 11.4. The van der Waals surface area contributed by atoms with Crippen LogP contribution in [0, 0.1) is 13.8 Å². The van der Waals surface area contributed by atoms with E-state index in [-0.39, 0.29) is 0 Å². The molecule has 44 heavy (non-hydrogen) atoms. The third kappa shape index (κ3) is 4.35. The molecule has 0 amide bonds. The third-order valence-electron chi connectivity index (χ3n) is 8.69. The molecule has 0 bridgehead atoms. The van der Waals surface area contributed by atoms with Crippen LogP contribution in [0.1, 0.15) is 11.1 Å². The number of hydrogen-bond donors (Lipinski definition) is 0. The number of hydrogen-bond acceptors (Lipinski definition) is 2. The van der Waals surface area contributed by atoms with E-state index in [9.17, 15) is 0 Å². The number of pyridine rings is 2. The molecule has 0 spiro atoms. The Morgan fingerprint density at radius 1 is 0.341 bits per heavy atom. The minimum absolute atomic E-state index is 1.14. The van der Waals surface area contributed by atoms with Crippen molar-refractivity contribution in [3.63, 3.8) is 0 Å². The van der Waals surface area contributed by atoms with Gasteiger partial charge in [0.2, 0.25) is 0 Å². The lowest BCUT2D eigenvalue weighted by Crippen LogP contribution is -1.93. The number of fused-ring (bicyclic) bond motifs is 3. The lowest BCUT2D eigenvalue weighted by molar-refractivity contribution is 1.27. The van der Waals surface area contributed by atoms with Crippen molar-refractivity contribution in [1.82, 2.24) is 9.97 Å². The largest absolute Gasteiger partial charge is 0.264 e. The molecule has 208 valence electrons. The zero-order valence-corrected chi connectivity index (χ0v) is 24.8. The van der Waals surface area contributed by atoms with Crippen molar-refractivity contribution >= 4 is 32.3 Å². The molecule has 2 heteroatoms. The van der Waals surface area contributed by atoms with E-state index in [1.54, 1.807) is 0 Å². The van der Waals surface area contributed by atoms with Crippen molar-refractivity contribution < 1.29 is 0 Å². The van der Waals surface area contributed by atoms with E-state index in [1.807, 2.05) is 24.8 Å². The van der Waals surface area contributed by atoms with Crippen LogP contribution in [0.25, 0.3) is 76.8 Å². The van der Waals surface area contributed by atoms with Crippen LogP contribution in [-0.4, -0.2) is 9.97 Å². The van der Waals surface area contributed by atoms with E-state index in [1.165, 1.54) is 65.7 Å². The maximum Gasteiger partial charge on any atom is 0.0346 e. The summed E-state index contributed by atoms with van der Waals surface area (Å²) < 4.78 is 0. The lowest BCUT2D eigenvalue weighted by Gasteiger charge is -2.20. The molecule has 0 N–H and O–H groups in total. The zero-order valence-electron chi connectivity index (χ0n) is 24.8. The van der Waals surface area contributed by atoms with E-state index in [0.717, 1.165) is 22.3 Å². The Bertz CT molecular complexity index is 2290. The molecule has 2 heterocycles. The summed E-state index contributed by atoms with van der Waals surface area (Å²) in [6, 6.07) is 44.4.